The summed E-state index contributed by atoms with van der Waals surface area (Å²) in [7, 11) is 0. The molecule has 234 valence electrons. The number of aryl methyl sites for hydroxylation is 1. The van der Waals surface area contributed by atoms with Crippen molar-refractivity contribution in [1.29, 1.82) is 31.6 Å². The van der Waals surface area contributed by atoms with Gasteiger partial charge in [-0.1, -0.05) is 0 Å². The third-order valence-electron chi connectivity index (χ3n) is 6.52. The summed E-state index contributed by atoms with van der Waals surface area (Å²) in [4.78, 5) is 0. The summed E-state index contributed by atoms with van der Waals surface area (Å²) >= 11 is 0. The lowest BCUT2D eigenvalue weighted by molar-refractivity contribution is -0.143. The Bertz CT molecular complexity index is 2220. The van der Waals surface area contributed by atoms with Crippen molar-refractivity contribution in [3.63, 3.8) is 0 Å². The molecule has 17 heteroatoms. The van der Waals surface area contributed by atoms with Gasteiger partial charge in [0.1, 0.15) is 36.4 Å². The van der Waals surface area contributed by atoms with E-state index in [0.717, 1.165) is 37.3 Å². The molecule has 0 fully saturated rings. The van der Waals surface area contributed by atoms with E-state index in [2.05, 4.69) is 0 Å². The van der Waals surface area contributed by atoms with Crippen LogP contribution < -0.4 is 10.4 Å². The molecule has 0 heterocycles. The number of nitriles is 6. The summed E-state index contributed by atoms with van der Waals surface area (Å²) in [6.07, 6.45) is -16.6. The molecule has 0 aliphatic carbocycles. The quantitative estimate of drug-likeness (QED) is 0.297. The summed E-state index contributed by atoms with van der Waals surface area (Å²) in [6.45, 7) is 0.994. The van der Waals surface area contributed by atoms with E-state index in [-0.39, 0.29) is 18.2 Å². The third-order valence-corrected chi connectivity index (χ3v) is 6.52. The number of rotatable bonds is 2. The maximum absolute atomic E-state index is 16.0. The van der Waals surface area contributed by atoms with Gasteiger partial charge in [0.25, 0.3) is 0 Å². The van der Waals surface area contributed by atoms with Crippen LogP contribution in [0.3, 0.4) is 0 Å². The SMILES string of the molecule is Cc1cc(/C(C#N)=c2\c(F)c(C#N)/c(=C(\C#N)c3cc(C(F)(F)F)c(C#N)c(C(F)(F)F)c3)c(F)c2C#N)cc(C(F)(F)F)c1C#N. The van der Waals surface area contributed by atoms with Crippen LogP contribution in [0.5, 0.6) is 0 Å². The first-order valence-corrected chi connectivity index (χ1v) is 12.0. The smallest absolute Gasteiger partial charge is 0.205 e. The lowest BCUT2D eigenvalue weighted by Crippen LogP contribution is -2.31. The lowest BCUT2D eigenvalue weighted by Gasteiger charge is -2.17. The molecule has 3 rings (SSSR count). The van der Waals surface area contributed by atoms with Crippen LogP contribution in [0.2, 0.25) is 0 Å². The highest BCUT2D eigenvalue weighted by atomic mass is 19.4. The molecule has 0 bridgehead atoms. The average Bonchev–Trinajstić information content (AvgIpc) is 2.98. The predicted octanol–water partition coefficient (Wildman–Crippen LogP) is 6.26. The van der Waals surface area contributed by atoms with E-state index < -0.39 is 107 Å². The summed E-state index contributed by atoms with van der Waals surface area (Å²) in [5.74, 6) is -4.17. The molecule has 0 amide bonds. The van der Waals surface area contributed by atoms with Crippen LogP contribution in [0, 0.1) is 86.5 Å². The molecule has 0 atom stereocenters. The topological polar surface area (TPSA) is 143 Å². The molecule has 0 saturated heterocycles. The lowest BCUT2D eigenvalue weighted by atomic mass is 9.90. The van der Waals surface area contributed by atoms with E-state index in [0.29, 0.717) is 0 Å². The van der Waals surface area contributed by atoms with Crippen LogP contribution in [0.15, 0.2) is 24.3 Å². The zero-order valence-corrected chi connectivity index (χ0v) is 22.7. The second-order valence-electron chi connectivity index (χ2n) is 9.20. The Morgan fingerprint density at radius 2 is 0.787 bits per heavy atom. The van der Waals surface area contributed by atoms with Crippen molar-refractivity contribution in [2.24, 2.45) is 0 Å². The number of hydrogen-bond donors (Lipinski definition) is 0. The van der Waals surface area contributed by atoms with Gasteiger partial charge in [-0.25, -0.2) is 8.78 Å². The van der Waals surface area contributed by atoms with Crippen LogP contribution >= 0.6 is 0 Å². The highest BCUT2D eigenvalue weighted by Gasteiger charge is 2.42. The van der Waals surface area contributed by atoms with Crippen LogP contribution in [0.4, 0.5) is 48.3 Å². The van der Waals surface area contributed by atoms with E-state index in [1.54, 1.807) is 0 Å². The summed E-state index contributed by atoms with van der Waals surface area (Å²) in [5.41, 5.74) is -17.6. The second kappa shape index (κ2) is 12.2. The monoisotopic (exact) mass is 660 g/mol. The van der Waals surface area contributed by atoms with Crippen LogP contribution in [0.1, 0.15) is 55.6 Å². The number of alkyl halides is 9. The Balaban J connectivity index is 2.74. The number of halogens is 11. The molecule has 0 N–H and O–H groups in total. The number of benzene rings is 3. The molecule has 3 aromatic rings. The van der Waals surface area contributed by atoms with Crippen LogP contribution in [-0.2, 0) is 18.5 Å². The summed E-state index contributed by atoms with van der Waals surface area (Å²) in [5, 5.41) is 54.1. The Kier molecular flexibility index (Phi) is 9.07. The minimum absolute atomic E-state index is 0.171. The van der Waals surface area contributed by atoms with Gasteiger partial charge in [0.15, 0.2) is 11.6 Å². The van der Waals surface area contributed by atoms with E-state index in [1.807, 2.05) is 0 Å². The van der Waals surface area contributed by atoms with Gasteiger partial charge in [0, 0.05) is 0 Å². The number of nitrogens with zero attached hydrogens (tertiary/aromatic N) is 6. The molecule has 47 heavy (non-hydrogen) atoms. The van der Waals surface area contributed by atoms with Gasteiger partial charge in [-0.05, 0) is 47.9 Å². The van der Waals surface area contributed by atoms with E-state index in [1.165, 1.54) is 12.1 Å². The van der Waals surface area contributed by atoms with Crippen molar-refractivity contribution >= 4 is 11.1 Å². The van der Waals surface area contributed by atoms with Crippen molar-refractivity contribution in [3.05, 3.63) is 102 Å². The van der Waals surface area contributed by atoms with E-state index in [4.69, 9.17) is 10.5 Å². The molecule has 0 saturated carbocycles. The Morgan fingerprint density at radius 3 is 1.06 bits per heavy atom. The molecule has 0 aliphatic heterocycles. The van der Waals surface area contributed by atoms with Crippen molar-refractivity contribution in [3.8, 4) is 36.4 Å². The first kappa shape index (κ1) is 35.1. The third kappa shape index (κ3) is 6.12. The van der Waals surface area contributed by atoms with Crippen LogP contribution in [-0.4, -0.2) is 0 Å². The first-order valence-electron chi connectivity index (χ1n) is 12.0. The van der Waals surface area contributed by atoms with Gasteiger partial charge in [0.05, 0.1) is 60.5 Å². The molecule has 0 radical (unpaired) electrons. The minimum Gasteiger partial charge on any atom is -0.205 e. The Labute approximate surface area is 255 Å². The molecule has 0 aromatic heterocycles. The van der Waals surface area contributed by atoms with Gasteiger partial charge in [0.2, 0.25) is 0 Å². The van der Waals surface area contributed by atoms with Gasteiger partial charge in [-0.15, -0.1) is 0 Å². The molecular weight excluding hydrogens is 653 g/mol. The molecule has 0 aliphatic rings. The highest BCUT2D eigenvalue weighted by Crippen LogP contribution is 2.41. The van der Waals surface area contributed by atoms with Gasteiger partial charge < -0.3 is 0 Å². The predicted molar refractivity (Wildman–Crippen MR) is 133 cm³/mol. The molecule has 0 unspecified atom stereocenters. The van der Waals surface area contributed by atoms with E-state index in [9.17, 15) is 60.6 Å². The molecular formula is C30H7F11N6. The van der Waals surface area contributed by atoms with Crippen molar-refractivity contribution < 1.29 is 48.3 Å². The second-order valence-corrected chi connectivity index (χ2v) is 9.20. The Hall–Kier alpha value is -6.43. The average molecular weight is 660 g/mol. The molecule has 0 spiro atoms. The standard InChI is InChI=1S/C30H7F11N6/c1-12-2-13(3-21(15(12)6-42)28(33,34)35)16(7-43)24-19(10-46)27(32)25(20(11-47)26(24)31)17(8-44)14-4-22(29(36,37)38)18(9-45)23(5-14)30(39,40)41/h2-5H,1H3/b24-16-,25-17-. The van der Waals surface area contributed by atoms with Crippen molar-refractivity contribution in [2.45, 2.75) is 25.5 Å². The van der Waals surface area contributed by atoms with Crippen LogP contribution in [0.25, 0.3) is 11.1 Å². The maximum atomic E-state index is 16.0. The first-order chi connectivity index (χ1) is 21.7. The number of hydrogen-bond acceptors (Lipinski definition) is 6. The fraction of sp³-hybridized carbons (Fsp3) is 0.133. The minimum atomic E-state index is -5.67. The fourth-order valence-corrected chi connectivity index (χ4v) is 4.56. The molecule has 6 nitrogen and oxygen atoms in total. The highest BCUT2D eigenvalue weighted by molar-refractivity contribution is 5.82. The van der Waals surface area contributed by atoms with Gasteiger partial charge in [-0.2, -0.15) is 71.1 Å². The van der Waals surface area contributed by atoms with Crippen molar-refractivity contribution in [1.82, 2.24) is 0 Å². The fourth-order valence-electron chi connectivity index (χ4n) is 4.56. The zero-order valence-electron chi connectivity index (χ0n) is 22.7. The Morgan fingerprint density at radius 1 is 0.489 bits per heavy atom. The zero-order chi connectivity index (χ0) is 35.8. The summed E-state index contributed by atoms with van der Waals surface area (Å²) in [6, 6.07) is 7.15. The summed E-state index contributed by atoms with van der Waals surface area (Å²) < 4.78 is 155. The largest absolute Gasteiger partial charge is 0.417 e. The molecule has 3 aromatic carbocycles. The van der Waals surface area contributed by atoms with Gasteiger partial charge in [-0.3, -0.25) is 0 Å². The normalized spacial score (nSPS) is 12.8. The van der Waals surface area contributed by atoms with Gasteiger partial charge >= 0.3 is 18.5 Å². The maximum Gasteiger partial charge on any atom is 0.417 e. The van der Waals surface area contributed by atoms with E-state index >= 15 is 8.78 Å². The van der Waals surface area contributed by atoms with Crippen molar-refractivity contribution in [2.75, 3.05) is 0 Å².